The number of aromatic nitrogens is 2. The number of fused-ring (bicyclic) bond motifs is 10. The smallest absolute Gasteiger partial charge is 0.248 e. The summed E-state index contributed by atoms with van der Waals surface area (Å²) >= 11 is 3.71. The zero-order valence-corrected chi connectivity index (χ0v) is 59.5. The highest BCUT2D eigenvalue weighted by Gasteiger charge is 2.21. The molecule has 0 aliphatic carbocycles. The Kier molecular flexibility index (Phi) is 15.0. The Bertz CT molecular complexity index is 6620. The molecule has 0 aliphatic heterocycles. The molecule has 0 aliphatic rings. The lowest BCUT2D eigenvalue weighted by Gasteiger charge is -2.11. The van der Waals surface area contributed by atoms with Gasteiger partial charge in [0.1, 0.15) is 0 Å². The van der Waals surface area contributed by atoms with Gasteiger partial charge in [0.25, 0.3) is 0 Å². The molecule has 0 unspecified atom stereocenters. The third-order valence-corrected chi connectivity index (χ3v) is 24.2. The van der Waals surface area contributed by atoms with E-state index in [2.05, 4.69) is 386 Å². The second-order valence-electron chi connectivity index (χ2n) is 27.9. The van der Waals surface area contributed by atoms with Crippen LogP contribution in [0.4, 0.5) is 0 Å². The summed E-state index contributed by atoms with van der Waals surface area (Å²) < 4.78 is 11.6. The van der Waals surface area contributed by atoms with Gasteiger partial charge in [-0.15, -0.1) is 32.9 Å². The maximum Gasteiger partial charge on any atom is 0.248 e. The quantitative estimate of drug-likeness (QED) is 0.122. The van der Waals surface area contributed by atoms with Crippen molar-refractivity contribution in [3.63, 3.8) is 0 Å². The van der Waals surface area contributed by atoms with Gasteiger partial charge < -0.3 is 4.42 Å². The van der Waals surface area contributed by atoms with Crippen LogP contribution in [0.1, 0.15) is 0 Å². The van der Waals surface area contributed by atoms with Gasteiger partial charge in [0.2, 0.25) is 11.8 Å². The summed E-state index contributed by atoms with van der Waals surface area (Å²) in [5.41, 5.74) is 25.4. The van der Waals surface area contributed by atoms with E-state index >= 15 is 0 Å². The van der Waals surface area contributed by atoms with E-state index in [1.165, 1.54) is 161 Å². The minimum Gasteiger partial charge on any atom is -0.416 e. The first kappa shape index (κ1) is 62.2. The Labute approximate surface area is 626 Å². The van der Waals surface area contributed by atoms with Gasteiger partial charge in [-0.25, -0.2) is 0 Å². The fraction of sp³-hybridized carbons (Fsp3) is 0. The van der Waals surface area contributed by atoms with Crippen molar-refractivity contribution >= 4 is 106 Å². The number of hydrogen-bond acceptors (Lipinski definition) is 5. The van der Waals surface area contributed by atoms with Gasteiger partial charge in [-0.3, -0.25) is 0 Å². The van der Waals surface area contributed by atoms with Crippen molar-refractivity contribution in [2.45, 2.75) is 0 Å². The Hall–Kier alpha value is -13.4. The molecular formula is C102H62N2OS2. The van der Waals surface area contributed by atoms with Gasteiger partial charge in [-0.05, 0) is 216 Å². The van der Waals surface area contributed by atoms with E-state index < -0.39 is 0 Å². The number of nitrogens with zero attached hydrogens (tertiary/aromatic N) is 2. The molecule has 5 heteroatoms. The summed E-state index contributed by atoms with van der Waals surface area (Å²) in [5.74, 6) is 0.929. The Morgan fingerprint density at radius 3 is 0.729 bits per heavy atom. The number of rotatable bonds is 12. The number of thiophene rings is 2. The first-order chi connectivity index (χ1) is 53.0. The van der Waals surface area contributed by atoms with Crippen molar-refractivity contribution in [3.05, 3.63) is 376 Å². The molecule has 3 nitrogen and oxygen atoms in total. The van der Waals surface area contributed by atoms with Gasteiger partial charge in [-0.1, -0.05) is 303 Å². The highest BCUT2D eigenvalue weighted by atomic mass is 32.1. The number of hydrogen-bond donors (Lipinski definition) is 0. The normalized spacial score (nSPS) is 11.7. The molecule has 18 aromatic carbocycles. The van der Waals surface area contributed by atoms with Crippen LogP contribution in [0.25, 0.3) is 218 Å². The fourth-order valence-corrected chi connectivity index (χ4v) is 18.6. The maximum absolute atomic E-state index is 6.62. The van der Waals surface area contributed by atoms with Crippen molar-refractivity contribution in [2.24, 2.45) is 0 Å². The first-order valence-corrected chi connectivity index (χ1v) is 38.0. The molecule has 0 saturated carbocycles. The molecule has 0 spiro atoms. The highest BCUT2D eigenvalue weighted by molar-refractivity contribution is 7.26. The zero-order valence-electron chi connectivity index (χ0n) is 57.9. The molecule has 0 fully saturated rings. The summed E-state index contributed by atoms with van der Waals surface area (Å²) in [6.07, 6.45) is 0. The molecule has 21 rings (SSSR count). The summed E-state index contributed by atoms with van der Waals surface area (Å²) in [6.45, 7) is 0. The van der Waals surface area contributed by atoms with Crippen LogP contribution in [0, 0.1) is 0 Å². The molecule has 498 valence electrons. The molecule has 21 aromatic rings. The van der Waals surface area contributed by atoms with E-state index in [9.17, 15) is 0 Å². The zero-order chi connectivity index (χ0) is 70.5. The molecule has 0 amide bonds. The van der Waals surface area contributed by atoms with Crippen LogP contribution in [0.5, 0.6) is 0 Å². The van der Waals surface area contributed by atoms with Gasteiger partial charge >= 0.3 is 0 Å². The summed E-state index contributed by atoms with van der Waals surface area (Å²) in [7, 11) is 0. The van der Waals surface area contributed by atoms with E-state index in [-0.39, 0.29) is 0 Å². The highest BCUT2D eigenvalue weighted by Crippen LogP contribution is 2.48. The largest absolute Gasteiger partial charge is 0.416 e. The SMILES string of the molecule is c1ccc2c(-c3ccc(-c4ccc5sc6c(-c7ccc(-c8nnc(-c9ccc(-c%10cc(-c%11ccc(-c%12cccc%13ccccc%12%13)cc%11)cc%11c%10sc%10ccc(-c%12ccc(-c%13cccc%14ccccc%13%14)cc%12)cc%10%11)cc9)o8)cc7)cc(-c7ccc(-c8cccc9ccccc89)cc7)cc6c5c4)cc3)cccc2c1. The van der Waals surface area contributed by atoms with Gasteiger partial charge in [0, 0.05) is 62.6 Å². The fourth-order valence-electron chi connectivity index (χ4n) is 16.2. The average molecular weight is 1400 g/mol. The second-order valence-corrected chi connectivity index (χ2v) is 30.0. The van der Waals surface area contributed by atoms with E-state index in [1.807, 2.05) is 22.7 Å². The summed E-state index contributed by atoms with van der Waals surface area (Å²) in [6, 6.07) is 138. The van der Waals surface area contributed by atoms with E-state index in [0.717, 1.165) is 44.5 Å². The third-order valence-electron chi connectivity index (χ3n) is 21.7. The second kappa shape index (κ2) is 25.8. The molecular weight excluding hydrogens is 1330 g/mol. The Morgan fingerprint density at radius 2 is 0.411 bits per heavy atom. The lowest BCUT2D eigenvalue weighted by molar-refractivity contribution is 0.584. The minimum atomic E-state index is 0.464. The van der Waals surface area contributed by atoms with E-state index in [0.29, 0.717) is 11.8 Å². The van der Waals surface area contributed by atoms with Crippen molar-refractivity contribution in [1.29, 1.82) is 0 Å². The van der Waals surface area contributed by atoms with E-state index in [1.54, 1.807) is 0 Å². The molecule has 3 aromatic heterocycles. The lowest BCUT2D eigenvalue weighted by atomic mass is 9.93. The van der Waals surface area contributed by atoms with Crippen molar-refractivity contribution in [2.75, 3.05) is 0 Å². The molecule has 107 heavy (non-hydrogen) atoms. The topological polar surface area (TPSA) is 38.9 Å². The standard InChI is InChI=1S/C102H62N2OS2/c1-5-21-83-67(13-1)17-9-25-87(83)71-37-29-63(30-38-71)79-53-55-97-93(57-79)95-61-81(65-33-41-73(42-34-65)89-27-11-19-69-15-3-7-23-85(69)89)59-91(99(95)106-97)75-45-49-77(50-46-75)101-103-104-102(105-101)78-51-47-76(48-52-78)92-60-82(66-35-43-74(44-36-66)90-28-12-20-70-16-4-8-24-86(70)90)62-96-94-58-80(54-56-98(94)107-100(92)96)64-31-39-72(40-32-64)88-26-10-18-68-14-2-6-22-84(68)88/h1-62H. The van der Waals surface area contributed by atoms with Gasteiger partial charge in [0.15, 0.2) is 0 Å². The van der Waals surface area contributed by atoms with Crippen molar-refractivity contribution in [3.8, 4) is 134 Å². The van der Waals surface area contributed by atoms with Crippen LogP contribution in [0.15, 0.2) is 381 Å². The third kappa shape index (κ3) is 11.1. The Balaban J connectivity index is 0.609. The Morgan fingerprint density at radius 1 is 0.168 bits per heavy atom. The average Bonchev–Trinajstić information content (AvgIpc) is 1.61. The van der Waals surface area contributed by atoms with Gasteiger partial charge in [-0.2, -0.15) is 0 Å². The van der Waals surface area contributed by atoms with Gasteiger partial charge in [0.05, 0.1) is 0 Å². The van der Waals surface area contributed by atoms with Crippen LogP contribution in [0.2, 0.25) is 0 Å². The predicted octanol–water partition coefficient (Wildman–Crippen LogP) is 29.4. The first-order valence-electron chi connectivity index (χ1n) is 36.4. The van der Waals surface area contributed by atoms with Crippen LogP contribution in [-0.4, -0.2) is 10.2 Å². The molecule has 0 atom stereocenters. The predicted molar refractivity (Wildman–Crippen MR) is 455 cm³/mol. The van der Waals surface area contributed by atoms with Crippen molar-refractivity contribution < 1.29 is 4.42 Å². The molecule has 0 bridgehead atoms. The molecule has 3 heterocycles. The van der Waals surface area contributed by atoms with Crippen LogP contribution < -0.4 is 0 Å². The molecule has 0 saturated heterocycles. The minimum absolute atomic E-state index is 0.464. The maximum atomic E-state index is 6.62. The van der Waals surface area contributed by atoms with Crippen LogP contribution in [-0.2, 0) is 0 Å². The summed E-state index contributed by atoms with van der Waals surface area (Å²) in [4.78, 5) is 0. The number of benzene rings is 18. The van der Waals surface area contributed by atoms with Crippen LogP contribution in [0.3, 0.4) is 0 Å². The molecule has 0 radical (unpaired) electrons. The molecule has 0 N–H and O–H groups in total. The van der Waals surface area contributed by atoms with Crippen molar-refractivity contribution in [1.82, 2.24) is 10.2 Å². The van der Waals surface area contributed by atoms with Crippen LogP contribution >= 0.6 is 22.7 Å². The van der Waals surface area contributed by atoms with E-state index in [4.69, 9.17) is 4.42 Å². The monoisotopic (exact) mass is 1390 g/mol. The summed E-state index contributed by atoms with van der Waals surface area (Å²) in [5, 5.41) is 24.3. The lowest BCUT2D eigenvalue weighted by Crippen LogP contribution is -1.86.